The first-order valence-electron chi connectivity index (χ1n) is 5.23. The summed E-state index contributed by atoms with van der Waals surface area (Å²) in [6.45, 7) is 0.795. The van der Waals surface area contributed by atoms with Crippen molar-refractivity contribution in [2.75, 3.05) is 27.2 Å². The van der Waals surface area contributed by atoms with Gasteiger partial charge in [0, 0.05) is 33.6 Å². The van der Waals surface area contributed by atoms with Crippen LogP contribution in [0.1, 0.15) is 19.3 Å². The predicted octanol–water partition coefficient (Wildman–Crippen LogP) is -0.0205. The zero-order valence-corrected chi connectivity index (χ0v) is 10.4. The third-order valence-corrected chi connectivity index (χ3v) is 4.64. The van der Waals surface area contributed by atoms with E-state index in [9.17, 15) is 13.2 Å². The minimum absolute atomic E-state index is 0.0411. The lowest BCUT2D eigenvalue weighted by molar-refractivity contribution is -0.138. The second-order valence-corrected chi connectivity index (χ2v) is 6.40. The van der Waals surface area contributed by atoms with E-state index in [2.05, 4.69) is 0 Å². The smallest absolute Gasteiger partial charge is 0.303 e. The maximum atomic E-state index is 11.8. The van der Waals surface area contributed by atoms with Gasteiger partial charge in [-0.3, -0.25) is 4.79 Å². The van der Waals surface area contributed by atoms with Gasteiger partial charge >= 0.3 is 5.97 Å². The lowest BCUT2D eigenvalue weighted by Gasteiger charge is -2.32. The number of rotatable bonds is 4. The van der Waals surface area contributed by atoms with Crippen LogP contribution in [0.5, 0.6) is 0 Å². The summed E-state index contributed by atoms with van der Waals surface area (Å²) < 4.78 is 26.2. The van der Waals surface area contributed by atoms with Crippen LogP contribution in [0.15, 0.2) is 0 Å². The number of nitrogens with zero attached hydrogens (tertiary/aromatic N) is 2. The summed E-state index contributed by atoms with van der Waals surface area (Å²) in [6.07, 6.45) is 1.55. The predicted molar refractivity (Wildman–Crippen MR) is 59.2 cm³/mol. The zero-order chi connectivity index (χ0) is 12.3. The molecule has 1 aliphatic heterocycles. The Labute approximate surface area is 96.0 Å². The zero-order valence-electron chi connectivity index (χ0n) is 9.59. The van der Waals surface area contributed by atoms with Gasteiger partial charge in [-0.25, -0.2) is 0 Å². The van der Waals surface area contributed by atoms with Gasteiger partial charge in [-0.2, -0.15) is 17.0 Å². The molecule has 1 fully saturated rings. The Bertz CT molecular complexity index is 353. The van der Waals surface area contributed by atoms with Crippen LogP contribution in [0, 0.1) is 5.92 Å². The van der Waals surface area contributed by atoms with Crippen LogP contribution >= 0.6 is 0 Å². The van der Waals surface area contributed by atoms with Gasteiger partial charge in [-0.15, -0.1) is 0 Å². The highest BCUT2D eigenvalue weighted by atomic mass is 32.2. The van der Waals surface area contributed by atoms with Gasteiger partial charge in [0.2, 0.25) is 0 Å². The van der Waals surface area contributed by atoms with E-state index < -0.39 is 16.2 Å². The van der Waals surface area contributed by atoms with Crippen molar-refractivity contribution in [3.8, 4) is 0 Å². The van der Waals surface area contributed by atoms with Crippen molar-refractivity contribution in [3.63, 3.8) is 0 Å². The van der Waals surface area contributed by atoms with Crippen LogP contribution in [0.25, 0.3) is 0 Å². The Balaban J connectivity index is 2.67. The van der Waals surface area contributed by atoms with E-state index in [-0.39, 0.29) is 12.3 Å². The van der Waals surface area contributed by atoms with Crippen molar-refractivity contribution in [2.24, 2.45) is 5.92 Å². The molecule has 1 rings (SSSR count). The molecule has 0 aliphatic carbocycles. The molecule has 0 bridgehead atoms. The second kappa shape index (κ2) is 5.11. The molecule has 0 spiro atoms. The summed E-state index contributed by atoms with van der Waals surface area (Å²) in [4.78, 5) is 10.6. The molecule has 1 atom stereocenters. The molecular weight excluding hydrogens is 232 g/mol. The number of hydrogen-bond acceptors (Lipinski definition) is 3. The first-order valence-corrected chi connectivity index (χ1v) is 6.63. The van der Waals surface area contributed by atoms with Crippen LogP contribution in [-0.2, 0) is 15.0 Å². The summed E-state index contributed by atoms with van der Waals surface area (Å²) in [6, 6.07) is 0. The Morgan fingerprint density at radius 3 is 2.62 bits per heavy atom. The molecule has 1 unspecified atom stereocenters. The molecule has 0 aromatic carbocycles. The average molecular weight is 250 g/mol. The van der Waals surface area contributed by atoms with Crippen molar-refractivity contribution in [1.82, 2.24) is 8.61 Å². The Morgan fingerprint density at radius 1 is 1.50 bits per heavy atom. The highest BCUT2D eigenvalue weighted by Gasteiger charge is 2.31. The fourth-order valence-electron chi connectivity index (χ4n) is 1.88. The highest BCUT2D eigenvalue weighted by molar-refractivity contribution is 7.86. The quantitative estimate of drug-likeness (QED) is 0.760. The fourth-order valence-corrected chi connectivity index (χ4v) is 3.10. The first kappa shape index (κ1) is 13.4. The maximum Gasteiger partial charge on any atom is 0.303 e. The van der Waals surface area contributed by atoms with Crippen molar-refractivity contribution in [3.05, 3.63) is 0 Å². The Kier molecular flexibility index (Phi) is 4.28. The van der Waals surface area contributed by atoms with E-state index in [1.807, 2.05) is 0 Å². The molecule has 1 heterocycles. The second-order valence-electron chi connectivity index (χ2n) is 4.25. The molecule has 16 heavy (non-hydrogen) atoms. The first-order chi connectivity index (χ1) is 7.34. The summed E-state index contributed by atoms with van der Waals surface area (Å²) in [5.74, 6) is -0.935. The molecule has 0 aromatic heterocycles. The number of aliphatic carboxylic acids is 1. The summed E-state index contributed by atoms with van der Waals surface area (Å²) in [5.41, 5.74) is 0. The minimum Gasteiger partial charge on any atom is -0.481 e. The summed E-state index contributed by atoms with van der Waals surface area (Å²) in [7, 11) is -0.430. The van der Waals surface area contributed by atoms with Crippen LogP contribution in [-0.4, -0.2) is 55.3 Å². The molecule has 1 N–H and O–H groups in total. The molecule has 0 amide bonds. The standard InChI is InChI=1S/C9H18N2O4S/c1-10(2)16(14,15)11-5-3-4-8(7-11)6-9(12)13/h8H,3-7H2,1-2H3,(H,12,13). The van der Waals surface area contributed by atoms with E-state index in [0.29, 0.717) is 13.1 Å². The van der Waals surface area contributed by atoms with Crippen LogP contribution in [0.2, 0.25) is 0 Å². The van der Waals surface area contributed by atoms with Crippen molar-refractivity contribution in [2.45, 2.75) is 19.3 Å². The normalized spacial score (nSPS) is 23.6. The molecule has 7 heteroatoms. The molecular formula is C9H18N2O4S. The molecule has 0 radical (unpaired) electrons. The van der Waals surface area contributed by atoms with Gasteiger partial charge in [-0.05, 0) is 18.8 Å². The monoisotopic (exact) mass is 250 g/mol. The van der Waals surface area contributed by atoms with Crippen LogP contribution in [0.3, 0.4) is 0 Å². The van der Waals surface area contributed by atoms with Gasteiger partial charge in [0.05, 0.1) is 0 Å². The van der Waals surface area contributed by atoms with Gasteiger partial charge in [0.1, 0.15) is 0 Å². The SMILES string of the molecule is CN(C)S(=O)(=O)N1CCCC(CC(=O)O)C1. The fraction of sp³-hybridized carbons (Fsp3) is 0.889. The summed E-state index contributed by atoms with van der Waals surface area (Å²) >= 11 is 0. The van der Waals surface area contributed by atoms with Crippen molar-refractivity contribution < 1.29 is 18.3 Å². The Hall–Kier alpha value is -0.660. The number of hydrogen-bond donors (Lipinski definition) is 1. The molecule has 6 nitrogen and oxygen atoms in total. The van der Waals surface area contributed by atoms with E-state index in [1.165, 1.54) is 18.4 Å². The molecule has 1 saturated heterocycles. The van der Waals surface area contributed by atoms with Gasteiger partial charge in [0.15, 0.2) is 0 Å². The van der Waals surface area contributed by atoms with Crippen LogP contribution in [0.4, 0.5) is 0 Å². The van der Waals surface area contributed by atoms with Gasteiger partial charge in [-0.1, -0.05) is 0 Å². The number of carboxylic acid groups (broad SMARTS) is 1. The van der Waals surface area contributed by atoms with E-state index in [4.69, 9.17) is 5.11 Å². The van der Waals surface area contributed by atoms with E-state index >= 15 is 0 Å². The average Bonchev–Trinajstić information content (AvgIpc) is 2.16. The molecule has 1 aliphatic rings. The Morgan fingerprint density at radius 2 is 2.12 bits per heavy atom. The third kappa shape index (κ3) is 3.16. The summed E-state index contributed by atoms with van der Waals surface area (Å²) in [5, 5.41) is 8.69. The lowest BCUT2D eigenvalue weighted by atomic mass is 9.96. The van der Waals surface area contributed by atoms with E-state index in [1.54, 1.807) is 0 Å². The number of piperidine rings is 1. The lowest BCUT2D eigenvalue weighted by Crippen LogP contribution is -2.45. The van der Waals surface area contributed by atoms with E-state index in [0.717, 1.165) is 17.1 Å². The van der Waals surface area contributed by atoms with Gasteiger partial charge in [0.25, 0.3) is 10.2 Å². The molecule has 94 valence electrons. The third-order valence-electron chi connectivity index (χ3n) is 2.73. The van der Waals surface area contributed by atoms with Crippen molar-refractivity contribution >= 4 is 16.2 Å². The van der Waals surface area contributed by atoms with Gasteiger partial charge < -0.3 is 5.11 Å². The van der Waals surface area contributed by atoms with Crippen molar-refractivity contribution in [1.29, 1.82) is 0 Å². The number of carbonyl (C=O) groups is 1. The molecule has 0 aromatic rings. The van der Waals surface area contributed by atoms with Crippen LogP contribution < -0.4 is 0 Å². The minimum atomic E-state index is -3.39. The molecule has 0 saturated carbocycles. The highest BCUT2D eigenvalue weighted by Crippen LogP contribution is 2.22. The topological polar surface area (TPSA) is 77.9 Å². The largest absolute Gasteiger partial charge is 0.481 e. The maximum absolute atomic E-state index is 11.8. The number of carboxylic acids is 1.